The van der Waals surface area contributed by atoms with Gasteiger partial charge in [-0.3, -0.25) is 19.2 Å². The van der Waals surface area contributed by atoms with E-state index in [0.717, 1.165) is 18.4 Å². The third kappa shape index (κ3) is 13.0. The first-order chi connectivity index (χ1) is 21.9. The number of benzene rings is 2. The summed E-state index contributed by atoms with van der Waals surface area (Å²) >= 11 is 0. The maximum atomic E-state index is 13.8. The third-order valence-electron chi connectivity index (χ3n) is 8.36. The molecule has 0 heterocycles. The molecule has 1 saturated carbocycles. The summed E-state index contributed by atoms with van der Waals surface area (Å²) in [5.41, 5.74) is 12.9. The Balaban J connectivity index is 1.72. The van der Waals surface area contributed by atoms with Crippen LogP contribution in [0.3, 0.4) is 0 Å². The molecule has 3 rings (SSSR count). The van der Waals surface area contributed by atoms with Gasteiger partial charge in [0.15, 0.2) is 0 Å². The van der Waals surface area contributed by atoms with E-state index in [-0.39, 0.29) is 18.2 Å². The molecule has 1 fully saturated rings. The summed E-state index contributed by atoms with van der Waals surface area (Å²) in [7, 11) is 0. The van der Waals surface area contributed by atoms with Crippen molar-refractivity contribution < 1.29 is 19.2 Å². The molecule has 1 aliphatic rings. The van der Waals surface area contributed by atoms with Crippen LogP contribution in [0, 0.1) is 5.92 Å². The molecule has 0 radical (unpaired) electrons. The molecular formula is C35H52N6O4. The Kier molecular flexibility index (Phi) is 16.1. The highest BCUT2D eigenvalue weighted by Gasteiger charge is 2.30. The van der Waals surface area contributed by atoms with Crippen LogP contribution in [0.2, 0.25) is 0 Å². The fraction of sp³-hybridized carbons (Fsp3) is 0.543. The van der Waals surface area contributed by atoms with Crippen molar-refractivity contribution in [2.45, 2.75) is 95.2 Å². The third-order valence-corrected chi connectivity index (χ3v) is 8.36. The number of nitrogens with one attached hydrogen (secondary N) is 4. The van der Waals surface area contributed by atoms with Gasteiger partial charge in [-0.1, -0.05) is 79.9 Å². The van der Waals surface area contributed by atoms with Crippen LogP contribution in [0.5, 0.6) is 0 Å². The second-order valence-electron chi connectivity index (χ2n) is 12.0. The zero-order valence-corrected chi connectivity index (χ0v) is 26.5. The number of carbonyl (C=O) groups is 4. The molecule has 0 spiro atoms. The Hall–Kier alpha value is -3.76. The zero-order chi connectivity index (χ0) is 32.3. The molecule has 0 bridgehead atoms. The van der Waals surface area contributed by atoms with Crippen LogP contribution in [0.15, 0.2) is 60.7 Å². The molecule has 3 atom stereocenters. The van der Waals surface area contributed by atoms with Crippen LogP contribution in [0.1, 0.15) is 87.8 Å². The molecule has 10 heteroatoms. The molecule has 1 aliphatic carbocycles. The summed E-state index contributed by atoms with van der Waals surface area (Å²) in [6, 6.07) is 15.8. The van der Waals surface area contributed by atoms with Gasteiger partial charge in [0.25, 0.3) is 0 Å². The molecule has 2 aromatic carbocycles. The van der Waals surface area contributed by atoms with Crippen molar-refractivity contribution >= 4 is 23.6 Å². The van der Waals surface area contributed by atoms with Crippen LogP contribution in [-0.2, 0) is 25.6 Å². The fourth-order valence-corrected chi connectivity index (χ4v) is 5.75. The smallest absolute Gasteiger partial charge is 0.247 e. The molecule has 0 unspecified atom stereocenters. The molecule has 4 amide bonds. The Labute approximate surface area is 267 Å². The van der Waals surface area contributed by atoms with Gasteiger partial charge in [0.2, 0.25) is 23.6 Å². The lowest BCUT2D eigenvalue weighted by atomic mass is 9.89. The first-order valence-electron chi connectivity index (χ1n) is 16.6. The largest absolute Gasteiger partial charge is 0.354 e. The number of hydrogen-bond donors (Lipinski definition) is 6. The van der Waals surface area contributed by atoms with Crippen molar-refractivity contribution in [2.24, 2.45) is 17.4 Å². The summed E-state index contributed by atoms with van der Waals surface area (Å²) in [5.74, 6) is -1.03. The second-order valence-corrected chi connectivity index (χ2v) is 12.0. The molecular weight excluding hydrogens is 568 g/mol. The van der Waals surface area contributed by atoms with E-state index in [9.17, 15) is 19.2 Å². The Morgan fingerprint density at radius 3 is 1.82 bits per heavy atom. The maximum absolute atomic E-state index is 13.8. The molecule has 0 aliphatic heterocycles. The first kappa shape index (κ1) is 35.7. The lowest BCUT2D eigenvalue weighted by molar-refractivity contribution is -0.134. The van der Waals surface area contributed by atoms with Crippen LogP contribution >= 0.6 is 0 Å². The summed E-state index contributed by atoms with van der Waals surface area (Å²) in [4.78, 5) is 53.7. The normalized spacial score (nSPS) is 15.3. The number of carbonyl (C=O) groups excluding carboxylic acids is 4. The summed E-state index contributed by atoms with van der Waals surface area (Å²) < 4.78 is 0. The first-order valence-corrected chi connectivity index (χ1v) is 16.6. The molecule has 45 heavy (non-hydrogen) atoms. The van der Waals surface area contributed by atoms with Gasteiger partial charge < -0.3 is 32.7 Å². The van der Waals surface area contributed by atoms with E-state index in [0.29, 0.717) is 69.6 Å². The summed E-state index contributed by atoms with van der Waals surface area (Å²) in [6.07, 6.45) is 9.24. The van der Waals surface area contributed by atoms with Gasteiger partial charge in [0.05, 0.1) is 6.42 Å². The Morgan fingerprint density at radius 2 is 1.22 bits per heavy atom. The lowest BCUT2D eigenvalue weighted by Crippen LogP contribution is -2.55. The maximum Gasteiger partial charge on any atom is 0.247 e. The highest BCUT2D eigenvalue weighted by Crippen LogP contribution is 2.23. The predicted molar refractivity (Wildman–Crippen MR) is 177 cm³/mol. The molecule has 8 N–H and O–H groups in total. The second kappa shape index (κ2) is 20.3. The summed E-state index contributed by atoms with van der Waals surface area (Å²) in [5, 5.41) is 11.7. The number of unbranched alkanes of at least 4 members (excludes halogenated alkanes) is 2. The number of rotatable bonds is 19. The quantitative estimate of drug-likeness (QED) is 0.132. The standard InChI is InChI=1S/C35H52N6O4/c36-22-12-10-20-29(39-31(42)24-26-14-4-1-5-15-26)33(43)40-30(21-11-13-23-37)34(44)41-32(28-18-8-3-9-19-28)35(45)38-25-27-16-6-2-7-17-27/h1,3-5,8-9,14-15,18-19,27,29-30,32H,2,6-7,10-13,16-17,20-25,36-37H2,(H,38,45)(H,39,42)(H,40,43)(H,41,44)/t29-,30-,32-/m0/s1. The monoisotopic (exact) mass is 620 g/mol. The molecule has 10 nitrogen and oxygen atoms in total. The summed E-state index contributed by atoms with van der Waals surface area (Å²) in [6.45, 7) is 1.50. The predicted octanol–water partition coefficient (Wildman–Crippen LogP) is 3.01. The Morgan fingerprint density at radius 1 is 0.667 bits per heavy atom. The van der Waals surface area contributed by atoms with Crippen molar-refractivity contribution in [3.05, 3.63) is 71.8 Å². The minimum absolute atomic E-state index is 0.136. The minimum Gasteiger partial charge on any atom is -0.354 e. The van der Waals surface area contributed by atoms with Crippen LogP contribution in [-0.4, -0.2) is 55.3 Å². The van der Waals surface area contributed by atoms with Gasteiger partial charge in [-0.15, -0.1) is 0 Å². The van der Waals surface area contributed by atoms with E-state index >= 15 is 0 Å². The van der Waals surface area contributed by atoms with E-state index in [1.54, 1.807) is 0 Å². The van der Waals surface area contributed by atoms with E-state index < -0.39 is 29.9 Å². The van der Waals surface area contributed by atoms with Gasteiger partial charge in [0.1, 0.15) is 18.1 Å². The van der Waals surface area contributed by atoms with E-state index in [1.807, 2.05) is 60.7 Å². The van der Waals surface area contributed by atoms with Gasteiger partial charge >= 0.3 is 0 Å². The topological polar surface area (TPSA) is 168 Å². The van der Waals surface area contributed by atoms with Gasteiger partial charge in [0, 0.05) is 6.54 Å². The van der Waals surface area contributed by atoms with Crippen LogP contribution in [0.25, 0.3) is 0 Å². The van der Waals surface area contributed by atoms with Gasteiger partial charge in [-0.05, 0) is 81.5 Å². The van der Waals surface area contributed by atoms with E-state index in [1.165, 1.54) is 19.3 Å². The van der Waals surface area contributed by atoms with Crippen molar-refractivity contribution in [3.63, 3.8) is 0 Å². The average molecular weight is 621 g/mol. The SMILES string of the molecule is NCCCC[C@H](NC(=O)Cc1ccccc1)C(=O)N[C@@H](CCCCN)C(=O)N[C@H](C(=O)NCC1CCCCC1)c1ccccc1. The Bertz CT molecular complexity index is 1170. The lowest BCUT2D eigenvalue weighted by Gasteiger charge is -2.27. The van der Waals surface area contributed by atoms with Crippen molar-refractivity contribution in [1.82, 2.24) is 21.3 Å². The molecule has 2 aromatic rings. The fourth-order valence-electron chi connectivity index (χ4n) is 5.75. The molecule has 0 saturated heterocycles. The van der Waals surface area contributed by atoms with Crippen molar-refractivity contribution in [1.29, 1.82) is 0 Å². The van der Waals surface area contributed by atoms with Crippen LogP contribution < -0.4 is 32.7 Å². The highest BCUT2D eigenvalue weighted by atomic mass is 16.2. The van der Waals surface area contributed by atoms with Gasteiger partial charge in [-0.25, -0.2) is 0 Å². The number of hydrogen-bond acceptors (Lipinski definition) is 6. The molecule has 0 aromatic heterocycles. The van der Waals surface area contributed by atoms with E-state index in [4.69, 9.17) is 11.5 Å². The van der Waals surface area contributed by atoms with Gasteiger partial charge in [-0.2, -0.15) is 0 Å². The minimum atomic E-state index is -0.915. The number of nitrogens with two attached hydrogens (primary N) is 2. The van der Waals surface area contributed by atoms with E-state index in [2.05, 4.69) is 21.3 Å². The highest BCUT2D eigenvalue weighted by molar-refractivity contribution is 5.94. The number of amides is 4. The van der Waals surface area contributed by atoms with Crippen LogP contribution in [0.4, 0.5) is 0 Å². The zero-order valence-electron chi connectivity index (χ0n) is 26.5. The average Bonchev–Trinajstić information content (AvgIpc) is 3.06. The molecule has 246 valence electrons. The van der Waals surface area contributed by atoms with Crippen molar-refractivity contribution in [2.75, 3.05) is 19.6 Å². The van der Waals surface area contributed by atoms with Crippen molar-refractivity contribution in [3.8, 4) is 0 Å².